The Morgan fingerprint density at radius 3 is 2.28 bits per heavy atom. The quantitative estimate of drug-likeness (QED) is 0.376. The summed E-state index contributed by atoms with van der Waals surface area (Å²) >= 11 is 0. The Morgan fingerprint density at radius 1 is 0.806 bits per heavy atom. The zero-order chi connectivity index (χ0) is 24.5. The van der Waals surface area contributed by atoms with Gasteiger partial charge in [0.05, 0.1) is 24.2 Å². The number of benzene rings is 2. The van der Waals surface area contributed by atoms with Gasteiger partial charge < -0.3 is 19.5 Å². The third-order valence-electron chi connectivity index (χ3n) is 5.91. The van der Waals surface area contributed by atoms with Crippen molar-refractivity contribution >= 4 is 28.6 Å². The summed E-state index contributed by atoms with van der Waals surface area (Å²) in [5, 5.41) is 3.20. The second kappa shape index (κ2) is 9.34. The van der Waals surface area contributed by atoms with E-state index in [0.29, 0.717) is 43.3 Å². The van der Waals surface area contributed by atoms with Gasteiger partial charge in [0.15, 0.2) is 5.82 Å². The molecule has 36 heavy (non-hydrogen) atoms. The van der Waals surface area contributed by atoms with Gasteiger partial charge in [-0.15, -0.1) is 0 Å². The Labute approximate surface area is 205 Å². The first-order valence-corrected chi connectivity index (χ1v) is 11.5. The van der Waals surface area contributed by atoms with Crippen molar-refractivity contribution < 1.29 is 13.5 Å². The smallest absolute Gasteiger partial charge is 0.296 e. The molecule has 6 rings (SSSR count). The fourth-order valence-electron chi connectivity index (χ4n) is 4.17. The van der Waals surface area contributed by atoms with Crippen LogP contribution >= 0.6 is 0 Å². The van der Waals surface area contributed by atoms with Crippen LogP contribution in [0, 0.1) is 0 Å². The van der Waals surface area contributed by atoms with Crippen LogP contribution in [0.3, 0.4) is 0 Å². The minimum absolute atomic E-state index is 0.0713. The largest absolute Gasteiger partial charge is 0.378 e. The number of nitrogens with one attached hydrogen (secondary N) is 1. The molecule has 5 aromatic rings. The molecule has 1 fully saturated rings. The SMILES string of the molecule is FC(F)c1nc2ccccc2n1-c1nc(Nc2ccc(-n3cccc3)cc2)nc(N2CCOCC2)n1. The van der Waals surface area contributed by atoms with Gasteiger partial charge in [0.1, 0.15) is 0 Å². The van der Waals surface area contributed by atoms with Gasteiger partial charge in [0.25, 0.3) is 6.43 Å². The summed E-state index contributed by atoms with van der Waals surface area (Å²) < 4.78 is 36.8. The Bertz CT molecular complexity index is 1480. The molecule has 182 valence electrons. The van der Waals surface area contributed by atoms with E-state index in [4.69, 9.17) is 4.74 Å². The standard InChI is InChI=1S/C25H22F2N8O/c26-21(27)22-29-19-5-1-2-6-20(19)35(22)25-31-23(30-24(32-25)34-13-15-36-16-14-34)28-17-7-9-18(10-8-17)33-11-3-4-12-33/h1-12,21H,13-16H2,(H,28,30,31,32). The van der Waals surface area contributed by atoms with E-state index in [-0.39, 0.29) is 11.9 Å². The summed E-state index contributed by atoms with van der Waals surface area (Å²) in [6.45, 7) is 2.23. The maximum absolute atomic E-state index is 14.0. The highest BCUT2D eigenvalue weighted by molar-refractivity contribution is 5.77. The number of aromatic nitrogens is 6. The highest BCUT2D eigenvalue weighted by Gasteiger charge is 2.24. The molecule has 1 saturated heterocycles. The number of alkyl halides is 2. The summed E-state index contributed by atoms with van der Waals surface area (Å²) in [7, 11) is 0. The first-order chi connectivity index (χ1) is 17.7. The van der Waals surface area contributed by atoms with Crippen molar-refractivity contribution in [2.24, 2.45) is 0 Å². The molecule has 0 unspecified atom stereocenters. The van der Waals surface area contributed by atoms with Crippen LogP contribution in [0.2, 0.25) is 0 Å². The van der Waals surface area contributed by atoms with Crippen molar-refractivity contribution in [3.8, 4) is 11.6 Å². The Balaban J connectivity index is 1.43. The summed E-state index contributed by atoms with van der Waals surface area (Å²) in [4.78, 5) is 19.8. The van der Waals surface area contributed by atoms with Crippen molar-refractivity contribution in [1.82, 2.24) is 29.1 Å². The molecule has 9 nitrogen and oxygen atoms in total. The van der Waals surface area contributed by atoms with Crippen molar-refractivity contribution in [3.63, 3.8) is 0 Å². The molecule has 11 heteroatoms. The highest BCUT2D eigenvalue weighted by atomic mass is 19.3. The molecule has 0 aliphatic carbocycles. The van der Waals surface area contributed by atoms with Gasteiger partial charge in [-0.25, -0.2) is 13.8 Å². The van der Waals surface area contributed by atoms with Gasteiger partial charge in [-0.2, -0.15) is 15.0 Å². The van der Waals surface area contributed by atoms with Crippen molar-refractivity contribution in [3.05, 3.63) is 78.9 Å². The lowest BCUT2D eigenvalue weighted by atomic mass is 10.3. The number of imidazole rings is 1. The monoisotopic (exact) mass is 488 g/mol. The first kappa shape index (κ1) is 22.1. The minimum Gasteiger partial charge on any atom is -0.378 e. The van der Waals surface area contributed by atoms with Gasteiger partial charge in [-0.05, 0) is 48.5 Å². The summed E-state index contributed by atoms with van der Waals surface area (Å²) in [6.07, 6.45) is 1.12. The lowest BCUT2D eigenvalue weighted by molar-refractivity contribution is 0.122. The van der Waals surface area contributed by atoms with E-state index >= 15 is 0 Å². The van der Waals surface area contributed by atoms with Crippen molar-refractivity contribution in [2.45, 2.75) is 6.43 Å². The van der Waals surface area contributed by atoms with Gasteiger partial charge in [0, 0.05) is 36.9 Å². The third-order valence-corrected chi connectivity index (χ3v) is 5.91. The van der Waals surface area contributed by atoms with Crippen LogP contribution < -0.4 is 10.2 Å². The van der Waals surface area contributed by atoms with Crippen molar-refractivity contribution in [2.75, 3.05) is 36.5 Å². The summed E-state index contributed by atoms with van der Waals surface area (Å²) in [6, 6.07) is 18.6. The zero-order valence-electron chi connectivity index (χ0n) is 19.1. The predicted octanol–water partition coefficient (Wildman–Crippen LogP) is 4.52. The van der Waals surface area contributed by atoms with E-state index in [1.54, 1.807) is 24.3 Å². The number of rotatable bonds is 6. The predicted molar refractivity (Wildman–Crippen MR) is 131 cm³/mol. The molecule has 0 amide bonds. The zero-order valence-corrected chi connectivity index (χ0v) is 19.1. The van der Waals surface area contributed by atoms with E-state index < -0.39 is 12.2 Å². The molecular formula is C25H22F2N8O. The van der Waals surface area contributed by atoms with Crippen LogP contribution in [0.25, 0.3) is 22.7 Å². The van der Waals surface area contributed by atoms with Crippen LogP contribution in [0.4, 0.5) is 26.4 Å². The second-order valence-electron chi connectivity index (χ2n) is 8.22. The van der Waals surface area contributed by atoms with E-state index in [0.717, 1.165) is 11.4 Å². The molecule has 1 N–H and O–H groups in total. The lowest BCUT2D eigenvalue weighted by Crippen LogP contribution is -2.37. The fourth-order valence-corrected chi connectivity index (χ4v) is 4.17. The summed E-state index contributed by atoms with van der Waals surface area (Å²) in [5.41, 5.74) is 2.69. The number of ether oxygens (including phenoxy) is 1. The van der Waals surface area contributed by atoms with E-state index in [1.807, 2.05) is 58.3 Å². The van der Waals surface area contributed by atoms with E-state index in [1.165, 1.54) is 4.57 Å². The topological polar surface area (TPSA) is 85.9 Å². The first-order valence-electron chi connectivity index (χ1n) is 11.5. The molecule has 1 aliphatic rings. The number of morpholine rings is 1. The van der Waals surface area contributed by atoms with Gasteiger partial charge in [0.2, 0.25) is 17.8 Å². The molecular weight excluding hydrogens is 466 g/mol. The number of anilines is 3. The normalized spacial score (nSPS) is 14.0. The fraction of sp³-hybridized carbons (Fsp3) is 0.200. The maximum atomic E-state index is 14.0. The number of halogens is 2. The average Bonchev–Trinajstić information content (AvgIpc) is 3.58. The van der Waals surface area contributed by atoms with E-state index in [9.17, 15) is 8.78 Å². The van der Waals surface area contributed by atoms with Crippen LogP contribution in [-0.4, -0.2) is 55.4 Å². The molecule has 0 radical (unpaired) electrons. The number of hydrogen-bond donors (Lipinski definition) is 1. The molecule has 2 aromatic carbocycles. The molecule has 0 saturated carbocycles. The minimum atomic E-state index is -2.81. The highest BCUT2D eigenvalue weighted by Crippen LogP contribution is 2.28. The van der Waals surface area contributed by atoms with Gasteiger partial charge in [-0.3, -0.25) is 4.57 Å². The molecule has 1 aliphatic heterocycles. The molecule has 3 aromatic heterocycles. The number of para-hydroxylation sites is 2. The lowest BCUT2D eigenvalue weighted by Gasteiger charge is -2.27. The Morgan fingerprint density at radius 2 is 1.53 bits per heavy atom. The van der Waals surface area contributed by atoms with Crippen LogP contribution in [0.5, 0.6) is 0 Å². The second-order valence-corrected chi connectivity index (χ2v) is 8.22. The van der Waals surface area contributed by atoms with Crippen LogP contribution in [-0.2, 0) is 4.74 Å². The number of hydrogen-bond acceptors (Lipinski definition) is 7. The molecule has 0 bridgehead atoms. The van der Waals surface area contributed by atoms with E-state index in [2.05, 4.69) is 25.3 Å². The Hall–Kier alpha value is -4.38. The Kier molecular flexibility index (Phi) is 5.74. The average molecular weight is 489 g/mol. The maximum Gasteiger partial charge on any atom is 0.296 e. The number of fused-ring (bicyclic) bond motifs is 1. The molecule has 4 heterocycles. The van der Waals surface area contributed by atoms with Crippen molar-refractivity contribution in [1.29, 1.82) is 0 Å². The number of nitrogens with zero attached hydrogens (tertiary/aromatic N) is 7. The molecule has 0 atom stereocenters. The molecule has 0 spiro atoms. The third kappa shape index (κ3) is 4.24. The van der Waals surface area contributed by atoms with Gasteiger partial charge >= 0.3 is 0 Å². The van der Waals surface area contributed by atoms with Crippen LogP contribution in [0.15, 0.2) is 73.1 Å². The van der Waals surface area contributed by atoms with Gasteiger partial charge in [-0.1, -0.05) is 12.1 Å². The van der Waals surface area contributed by atoms with Crippen LogP contribution in [0.1, 0.15) is 12.2 Å². The summed E-state index contributed by atoms with van der Waals surface area (Å²) in [5.74, 6) is 0.278.